The largest absolute Gasteiger partial charge is 0.263 e. The van der Waals surface area contributed by atoms with E-state index in [1.165, 1.54) is 6.07 Å². The number of rotatable bonds is 2. The van der Waals surface area contributed by atoms with Gasteiger partial charge in [-0.15, -0.1) is 0 Å². The molecule has 0 aliphatic carbocycles. The third kappa shape index (κ3) is 2.42. The minimum Gasteiger partial charge on any atom is -0.260 e. The Hall–Kier alpha value is -0.610. The molecule has 0 spiro atoms. The van der Waals surface area contributed by atoms with Crippen molar-refractivity contribution in [2.45, 2.75) is 24.7 Å². The zero-order chi connectivity index (χ0) is 10.1. The van der Waals surface area contributed by atoms with Crippen LogP contribution >= 0.6 is 10.7 Å². The van der Waals surface area contributed by atoms with Crippen LogP contribution in [0.5, 0.6) is 0 Å². The minimum absolute atomic E-state index is 0.0460. The van der Waals surface area contributed by atoms with Crippen LogP contribution in [-0.2, 0) is 9.05 Å². The van der Waals surface area contributed by atoms with Crippen molar-refractivity contribution < 1.29 is 8.42 Å². The van der Waals surface area contributed by atoms with Crippen molar-refractivity contribution in [3.63, 3.8) is 0 Å². The highest BCUT2D eigenvalue weighted by Gasteiger charge is 2.17. The van der Waals surface area contributed by atoms with E-state index in [0.29, 0.717) is 5.69 Å². The van der Waals surface area contributed by atoms with Crippen molar-refractivity contribution in [3.8, 4) is 0 Å². The van der Waals surface area contributed by atoms with Gasteiger partial charge in [0.2, 0.25) is 0 Å². The lowest BCUT2D eigenvalue weighted by molar-refractivity contribution is 0.606. The fourth-order valence-corrected chi connectivity index (χ4v) is 2.21. The van der Waals surface area contributed by atoms with E-state index in [4.69, 9.17) is 10.7 Å². The normalized spacial score (nSPS) is 12.0. The van der Waals surface area contributed by atoms with Crippen molar-refractivity contribution in [2.24, 2.45) is 0 Å². The molecule has 13 heavy (non-hydrogen) atoms. The molecule has 0 amide bonds. The molecule has 5 heteroatoms. The maximum Gasteiger partial charge on any atom is 0.263 e. The molecule has 0 aromatic carbocycles. The van der Waals surface area contributed by atoms with Crippen molar-refractivity contribution in [1.29, 1.82) is 0 Å². The molecular weight excluding hydrogens is 210 g/mol. The number of hydrogen-bond donors (Lipinski definition) is 0. The van der Waals surface area contributed by atoms with Gasteiger partial charge in [-0.05, 0) is 18.1 Å². The van der Waals surface area contributed by atoms with Crippen LogP contribution in [0.2, 0.25) is 0 Å². The van der Waals surface area contributed by atoms with E-state index in [-0.39, 0.29) is 10.8 Å². The quantitative estimate of drug-likeness (QED) is 0.716. The maximum atomic E-state index is 11.1. The van der Waals surface area contributed by atoms with E-state index in [1.807, 2.05) is 13.8 Å². The van der Waals surface area contributed by atoms with Gasteiger partial charge in [0, 0.05) is 16.9 Å². The van der Waals surface area contributed by atoms with Crippen LogP contribution in [0.25, 0.3) is 0 Å². The van der Waals surface area contributed by atoms with Gasteiger partial charge in [0.15, 0.2) is 0 Å². The molecule has 3 nitrogen and oxygen atoms in total. The lowest BCUT2D eigenvalue weighted by Gasteiger charge is -2.07. The molecule has 0 saturated carbocycles. The minimum atomic E-state index is -3.67. The van der Waals surface area contributed by atoms with E-state index in [1.54, 1.807) is 12.3 Å². The summed E-state index contributed by atoms with van der Waals surface area (Å²) in [7, 11) is 1.57. The Labute approximate surface area is 82.2 Å². The highest BCUT2D eigenvalue weighted by molar-refractivity contribution is 8.13. The molecule has 72 valence electrons. The predicted molar refractivity (Wildman–Crippen MR) is 51.4 cm³/mol. The van der Waals surface area contributed by atoms with E-state index in [9.17, 15) is 8.42 Å². The number of aromatic nitrogens is 1. The SMILES string of the molecule is CC(C)c1ncccc1S(=O)(=O)Cl. The maximum absolute atomic E-state index is 11.1. The summed E-state index contributed by atoms with van der Waals surface area (Å²) in [6.07, 6.45) is 1.56. The molecule has 0 unspecified atom stereocenters. The number of hydrogen-bond acceptors (Lipinski definition) is 3. The first-order chi connectivity index (χ1) is 5.93. The Kier molecular flexibility index (Phi) is 2.93. The van der Waals surface area contributed by atoms with E-state index in [0.717, 1.165) is 0 Å². The summed E-state index contributed by atoms with van der Waals surface area (Å²) in [6.45, 7) is 3.74. The Morgan fingerprint density at radius 1 is 1.46 bits per heavy atom. The van der Waals surface area contributed by atoms with Gasteiger partial charge in [0.05, 0.1) is 5.69 Å². The topological polar surface area (TPSA) is 47.0 Å². The van der Waals surface area contributed by atoms with Crippen molar-refractivity contribution in [2.75, 3.05) is 0 Å². The van der Waals surface area contributed by atoms with Crippen LogP contribution in [-0.4, -0.2) is 13.4 Å². The third-order valence-electron chi connectivity index (χ3n) is 1.61. The average Bonchev–Trinajstić information content (AvgIpc) is 2.03. The van der Waals surface area contributed by atoms with Crippen molar-refractivity contribution in [1.82, 2.24) is 4.98 Å². The summed E-state index contributed by atoms with van der Waals surface area (Å²) in [5, 5.41) is 0. The van der Waals surface area contributed by atoms with Gasteiger partial charge in [-0.3, -0.25) is 4.98 Å². The first-order valence-electron chi connectivity index (χ1n) is 3.82. The van der Waals surface area contributed by atoms with E-state index < -0.39 is 9.05 Å². The second-order valence-corrected chi connectivity index (χ2v) is 5.51. The zero-order valence-electron chi connectivity index (χ0n) is 7.36. The van der Waals surface area contributed by atoms with Crippen LogP contribution in [0.1, 0.15) is 25.5 Å². The molecule has 1 rings (SSSR count). The van der Waals surface area contributed by atoms with E-state index >= 15 is 0 Å². The molecule has 0 N–H and O–H groups in total. The highest BCUT2D eigenvalue weighted by atomic mass is 35.7. The lowest BCUT2D eigenvalue weighted by Crippen LogP contribution is -2.02. The number of pyridine rings is 1. The molecule has 0 radical (unpaired) electrons. The van der Waals surface area contributed by atoms with Crippen molar-refractivity contribution >= 4 is 19.7 Å². The summed E-state index contributed by atoms with van der Waals surface area (Å²) in [5.41, 5.74) is 0.512. The van der Waals surface area contributed by atoms with Crippen LogP contribution in [0, 0.1) is 0 Å². The van der Waals surface area contributed by atoms with Gasteiger partial charge in [0.25, 0.3) is 9.05 Å². The van der Waals surface area contributed by atoms with Gasteiger partial charge in [-0.25, -0.2) is 8.42 Å². The van der Waals surface area contributed by atoms with Gasteiger partial charge in [-0.2, -0.15) is 0 Å². The van der Waals surface area contributed by atoms with Crippen LogP contribution in [0.3, 0.4) is 0 Å². The average molecular weight is 220 g/mol. The standard InChI is InChI=1S/C8H10ClNO2S/c1-6(2)8-7(13(9,11)12)4-3-5-10-8/h3-6H,1-2H3. The highest BCUT2D eigenvalue weighted by Crippen LogP contribution is 2.23. The summed E-state index contributed by atoms with van der Waals surface area (Å²) in [6, 6.07) is 3.02. The fraction of sp³-hybridized carbons (Fsp3) is 0.375. The second kappa shape index (κ2) is 3.64. The third-order valence-corrected chi connectivity index (χ3v) is 2.98. The molecule has 0 atom stereocenters. The van der Waals surface area contributed by atoms with Crippen molar-refractivity contribution in [3.05, 3.63) is 24.0 Å². The monoisotopic (exact) mass is 219 g/mol. The van der Waals surface area contributed by atoms with Gasteiger partial charge >= 0.3 is 0 Å². The molecule has 1 heterocycles. The molecule has 0 bridgehead atoms. The smallest absolute Gasteiger partial charge is 0.260 e. The predicted octanol–water partition coefficient (Wildman–Crippen LogP) is 2.13. The van der Waals surface area contributed by atoms with E-state index in [2.05, 4.69) is 4.98 Å². The summed E-state index contributed by atoms with van der Waals surface area (Å²) in [4.78, 5) is 4.08. The molecule has 0 saturated heterocycles. The first-order valence-corrected chi connectivity index (χ1v) is 6.13. The number of nitrogens with zero attached hydrogens (tertiary/aromatic N) is 1. The second-order valence-electron chi connectivity index (χ2n) is 2.98. The Morgan fingerprint density at radius 3 is 2.46 bits per heavy atom. The Balaban J connectivity index is 3.37. The molecule has 1 aromatic rings. The Morgan fingerprint density at radius 2 is 2.08 bits per heavy atom. The summed E-state index contributed by atoms with van der Waals surface area (Å²) < 4.78 is 22.2. The number of halogens is 1. The van der Waals surface area contributed by atoms with Crippen LogP contribution in [0.4, 0.5) is 0 Å². The summed E-state index contributed by atoms with van der Waals surface area (Å²) >= 11 is 0. The van der Waals surface area contributed by atoms with Crippen LogP contribution < -0.4 is 0 Å². The first kappa shape index (κ1) is 10.5. The molecular formula is C8H10ClNO2S. The van der Waals surface area contributed by atoms with Gasteiger partial charge < -0.3 is 0 Å². The molecule has 0 aliphatic rings. The lowest BCUT2D eigenvalue weighted by atomic mass is 10.1. The fourth-order valence-electron chi connectivity index (χ4n) is 1.04. The zero-order valence-corrected chi connectivity index (χ0v) is 8.93. The van der Waals surface area contributed by atoms with Gasteiger partial charge in [0.1, 0.15) is 4.90 Å². The molecule has 1 aromatic heterocycles. The van der Waals surface area contributed by atoms with Gasteiger partial charge in [-0.1, -0.05) is 13.8 Å². The molecule has 0 fully saturated rings. The Bertz CT molecular complexity index is 400. The van der Waals surface area contributed by atoms with Crippen LogP contribution in [0.15, 0.2) is 23.2 Å². The summed E-state index contributed by atoms with van der Waals surface area (Å²) in [5.74, 6) is 0.0460. The molecule has 0 aliphatic heterocycles.